The number of carboxylic acids is 1. The van der Waals surface area contributed by atoms with Crippen LogP contribution in [0.5, 0.6) is 5.75 Å². The Balaban J connectivity index is 2.08. The van der Waals surface area contributed by atoms with Gasteiger partial charge in [0.15, 0.2) is 5.96 Å². The van der Waals surface area contributed by atoms with E-state index >= 15 is 0 Å². The van der Waals surface area contributed by atoms with Gasteiger partial charge in [0.25, 0.3) is 0 Å². The largest absolute Gasteiger partial charge is 0.508 e. The zero-order chi connectivity index (χ0) is 35.5. The molecule has 16 heteroatoms. The number of aromatic hydroxyl groups is 1. The number of amides is 4. The maximum atomic E-state index is 13.2. The molecule has 262 valence electrons. The maximum Gasteiger partial charge on any atom is 0.326 e. The van der Waals surface area contributed by atoms with Crippen molar-refractivity contribution in [3.05, 3.63) is 65.7 Å². The van der Waals surface area contributed by atoms with Crippen LogP contribution >= 0.6 is 11.8 Å². The Kier molecular flexibility index (Phi) is 17.3. The van der Waals surface area contributed by atoms with Crippen LogP contribution < -0.4 is 38.5 Å². The summed E-state index contributed by atoms with van der Waals surface area (Å²) < 4.78 is 0. The number of nitrogens with two attached hydrogens (primary N) is 3. The molecule has 0 spiro atoms. The first-order chi connectivity index (χ1) is 22.9. The summed E-state index contributed by atoms with van der Waals surface area (Å²) in [4.78, 5) is 67.9. The van der Waals surface area contributed by atoms with E-state index in [1.54, 1.807) is 12.1 Å². The average molecular weight is 687 g/mol. The van der Waals surface area contributed by atoms with Crippen LogP contribution in [0.25, 0.3) is 0 Å². The second kappa shape index (κ2) is 21.1. The molecule has 15 nitrogen and oxygen atoms in total. The number of carboxylic acid groups (broad SMARTS) is 1. The van der Waals surface area contributed by atoms with E-state index < -0.39 is 60.3 Å². The fourth-order valence-electron chi connectivity index (χ4n) is 4.56. The van der Waals surface area contributed by atoms with Crippen molar-refractivity contribution in [2.45, 2.75) is 62.7 Å². The van der Waals surface area contributed by atoms with Crippen LogP contribution in [0.4, 0.5) is 0 Å². The van der Waals surface area contributed by atoms with Crippen molar-refractivity contribution >= 4 is 47.3 Å². The number of aliphatic carboxylic acids is 1. The molecule has 48 heavy (non-hydrogen) atoms. The van der Waals surface area contributed by atoms with Crippen LogP contribution in [0, 0.1) is 0 Å². The minimum Gasteiger partial charge on any atom is -0.508 e. The van der Waals surface area contributed by atoms with Gasteiger partial charge in [-0.1, -0.05) is 42.5 Å². The van der Waals surface area contributed by atoms with Crippen molar-refractivity contribution in [1.29, 1.82) is 0 Å². The molecule has 0 aliphatic carbocycles. The number of phenols is 1. The second-order valence-corrected chi connectivity index (χ2v) is 12.0. The zero-order valence-corrected chi connectivity index (χ0v) is 27.7. The van der Waals surface area contributed by atoms with Crippen molar-refractivity contribution in [1.82, 2.24) is 21.3 Å². The summed E-state index contributed by atoms with van der Waals surface area (Å²) >= 11 is 1.44. The number of hydrogen-bond donors (Lipinski definition) is 9. The Labute approximate surface area is 283 Å². The van der Waals surface area contributed by atoms with E-state index in [4.69, 9.17) is 17.2 Å². The van der Waals surface area contributed by atoms with Crippen LogP contribution in [0.15, 0.2) is 59.6 Å². The molecule has 0 aromatic heterocycles. The number of phenolic OH excluding ortho intramolecular Hbond substituents is 1. The number of aryl methyl sites for hydroxylation is 1. The van der Waals surface area contributed by atoms with Crippen LogP contribution in [0.1, 0.15) is 36.8 Å². The third kappa shape index (κ3) is 15.2. The highest BCUT2D eigenvalue weighted by Crippen LogP contribution is 2.11. The Morgan fingerprint density at radius 2 is 1.46 bits per heavy atom. The molecule has 0 aliphatic heterocycles. The lowest BCUT2D eigenvalue weighted by molar-refractivity contribution is -0.142. The van der Waals surface area contributed by atoms with Gasteiger partial charge in [-0.25, -0.2) is 4.79 Å². The van der Waals surface area contributed by atoms with Gasteiger partial charge in [-0.15, -0.1) is 0 Å². The first kappa shape index (κ1) is 39.3. The number of hydrogen-bond acceptors (Lipinski definition) is 9. The first-order valence-corrected chi connectivity index (χ1v) is 16.8. The number of thioether (sulfide) groups is 1. The van der Waals surface area contributed by atoms with Crippen molar-refractivity contribution in [2.75, 3.05) is 25.1 Å². The molecule has 2 rings (SSSR count). The minimum atomic E-state index is -1.19. The van der Waals surface area contributed by atoms with Crippen LogP contribution in [-0.4, -0.2) is 95.0 Å². The van der Waals surface area contributed by atoms with E-state index in [2.05, 4.69) is 26.3 Å². The highest BCUT2D eigenvalue weighted by atomic mass is 32.2. The normalized spacial score (nSPS) is 13.2. The SMILES string of the molecule is CSCC[C@H](NC(=O)[C@H](CCc1ccccc1)NC(=O)CNC(=O)[C@@H](CCCN=C(N)N)NC(=O)[C@@H](N)Cc1ccc(O)cc1)C(=O)O. The number of carbonyl (C=O) groups excluding carboxylic acids is 4. The number of rotatable bonds is 21. The molecule has 0 fully saturated rings. The Bertz CT molecular complexity index is 1370. The number of aliphatic imine (C=N–C) groups is 1. The molecule has 0 heterocycles. The van der Waals surface area contributed by atoms with E-state index in [-0.39, 0.29) is 43.9 Å². The van der Waals surface area contributed by atoms with Gasteiger partial charge in [-0.3, -0.25) is 24.2 Å². The molecule has 12 N–H and O–H groups in total. The number of carbonyl (C=O) groups is 5. The van der Waals surface area contributed by atoms with E-state index in [0.717, 1.165) is 5.56 Å². The topological polar surface area (TPSA) is 264 Å². The Morgan fingerprint density at radius 3 is 2.08 bits per heavy atom. The van der Waals surface area contributed by atoms with Crippen molar-refractivity contribution in [2.24, 2.45) is 22.2 Å². The van der Waals surface area contributed by atoms with Gasteiger partial charge in [0.1, 0.15) is 23.9 Å². The molecule has 2 aromatic carbocycles. The minimum absolute atomic E-state index is 0.0667. The van der Waals surface area contributed by atoms with Gasteiger partial charge in [-0.2, -0.15) is 11.8 Å². The van der Waals surface area contributed by atoms with Crippen LogP contribution in [0.3, 0.4) is 0 Å². The van der Waals surface area contributed by atoms with Crippen molar-refractivity contribution in [3.63, 3.8) is 0 Å². The smallest absolute Gasteiger partial charge is 0.326 e. The van der Waals surface area contributed by atoms with Gasteiger partial charge in [0.05, 0.1) is 12.6 Å². The molecule has 4 atom stereocenters. The molecule has 4 amide bonds. The highest BCUT2D eigenvalue weighted by molar-refractivity contribution is 7.98. The fourth-order valence-corrected chi connectivity index (χ4v) is 5.03. The predicted molar refractivity (Wildman–Crippen MR) is 184 cm³/mol. The third-order valence-corrected chi connectivity index (χ3v) is 7.82. The molecule has 0 unspecified atom stereocenters. The van der Waals surface area contributed by atoms with Gasteiger partial charge in [-0.05, 0) is 73.8 Å². The summed E-state index contributed by atoms with van der Waals surface area (Å²) in [6, 6.07) is 11.1. The fraction of sp³-hybridized carbons (Fsp3) is 0.438. The van der Waals surface area contributed by atoms with Gasteiger partial charge >= 0.3 is 5.97 Å². The van der Waals surface area contributed by atoms with E-state index in [9.17, 15) is 34.2 Å². The molecule has 2 aromatic rings. The highest BCUT2D eigenvalue weighted by Gasteiger charge is 2.28. The molecule has 0 saturated carbocycles. The van der Waals surface area contributed by atoms with Crippen molar-refractivity contribution < 1.29 is 34.2 Å². The maximum absolute atomic E-state index is 13.2. The molecular weight excluding hydrogens is 640 g/mol. The average Bonchev–Trinajstić information content (AvgIpc) is 3.06. The molecular formula is C32H46N8O7S. The number of nitrogens with one attached hydrogen (secondary N) is 4. The quantitative estimate of drug-likeness (QED) is 0.0453. The molecule has 0 saturated heterocycles. The Hall–Kier alpha value is -4.83. The van der Waals surface area contributed by atoms with Crippen molar-refractivity contribution in [3.8, 4) is 5.75 Å². The lowest BCUT2D eigenvalue weighted by Gasteiger charge is -2.23. The third-order valence-electron chi connectivity index (χ3n) is 7.17. The molecule has 0 radical (unpaired) electrons. The molecule has 0 bridgehead atoms. The lowest BCUT2D eigenvalue weighted by atomic mass is 10.0. The van der Waals surface area contributed by atoms with Crippen LogP contribution in [-0.2, 0) is 36.8 Å². The van der Waals surface area contributed by atoms with Gasteiger partial charge < -0.3 is 48.7 Å². The number of nitrogens with zero attached hydrogens (tertiary/aromatic N) is 1. The summed E-state index contributed by atoms with van der Waals surface area (Å²) in [7, 11) is 0. The summed E-state index contributed by atoms with van der Waals surface area (Å²) in [5.74, 6) is -3.37. The summed E-state index contributed by atoms with van der Waals surface area (Å²) in [5, 5.41) is 29.3. The van der Waals surface area contributed by atoms with Gasteiger partial charge in [0.2, 0.25) is 23.6 Å². The standard InChI is InChI=1S/C32H46N8O7S/c1-48-17-15-26(31(46)47)40-30(45)25(14-11-20-6-3-2-4-7-20)38-27(42)19-37-29(44)24(8-5-16-36-32(34)35)39-28(43)23(33)18-21-9-12-22(41)13-10-21/h2-4,6-7,9-10,12-13,23-26,41H,5,8,11,14-19,33H2,1H3,(H,37,44)(H,38,42)(H,39,43)(H,40,45)(H,46,47)(H4,34,35,36)/t23-,24+,25-,26-/m0/s1. The monoisotopic (exact) mass is 686 g/mol. The number of benzene rings is 2. The zero-order valence-electron chi connectivity index (χ0n) is 26.9. The predicted octanol–water partition coefficient (Wildman–Crippen LogP) is -0.643. The van der Waals surface area contributed by atoms with E-state index in [1.165, 1.54) is 23.9 Å². The second-order valence-electron chi connectivity index (χ2n) is 11.0. The molecule has 0 aliphatic rings. The van der Waals surface area contributed by atoms with Crippen LogP contribution in [0.2, 0.25) is 0 Å². The summed E-state index contributed by atoms with van der Waals surface area (Å²) in [6.45, 7) is -0.336. The van der Waals surface area contributed by atoms with E-state index in [1.807, 2.05) is 36.6 Å². The number of guanidine groups is 1. The first-order valence-electron chi connectivity index (χ1n) is 15.4. The Morgan fingerprint density at radius 1 is 0.812 bits per heavy atom. The summed E-state index contributed by atoms with van der Waals surface area (Å²) in [6.07, 6.45) is 3.20. The summed E-state index contributed by atoms with van der Waals surface area (Å²) in [5.41, 5.74) is 18.4. The lowest BCUT2D eigenvalue weighted by Crippen LogP contribution is -2.55. The van der Waals surface area contributed by atoms with Gasteiger partial charge in [0, 0.05) is 6.54 Å². The van der Waals surface area contributed by atoms with E-state index in [0.29, 0.717) is 24.2 Å².